The molecule has 0 bridgehead atoms. The molecule has 1 atom stereocenters. The van der Waals surface area contributed by atoms with Crippen molar-refractivity contribution < 1.29 is 32.5 Å². The van der Waals surface area contributed by atoms with Crippen LogP contribution >= 0.6 is 11.6 Å². The lowest BCUT2D eigenvalue weighted by Crippen LogP contribution is -2.43. The number of nitrogens with zero attached hydrogens (tertiary/aromatic N) is 3. The average molecular weight is 557 g/mol. The van der Waals surface area contributed by atoms with Crippen LogP contribution in [0.15, 0.2) is 52.1 Å². The van der Waals surface area contributed by atoms with Crippen LogP contribution in [-0.2, 0) is 20.1 Å². The monoisotopic (exact) mass is 556 g/mol. The van der Waals surface area contributed by atoms with Gasteiger partial charge in [-0.05, 0) is 36.2 Å². The van der Waals surface area contributed by atoms with Crippen LogP contribution in [0.1, 0.15) is 12.0 Å². The van der Waals surface area contributed by atoms with Crippen molar-refractivity contribution in [2.75, 3.05) is 23.9 Å². The number of rotatable bonds is 9. The van der Waals surface area contributed by atoms with Crippen molar-refractivity contribution in [3.8, 4) is 17.2 Å². The fraction of sp³-hybridized carbons (Fsp3) is 0.333. The Hall–Kier alpha value is -3.84. The number of hydrogen-bond acceptors (Lipinski definition) is 8. The van der Waals surface area contributed by atoms with Gasteiger partial charge in [0.15, 0.2) is 11.5 Å². The lowest BCUT2D eigenvalue weighted by Gasteiger charge is -2.27. The van der Waals surface area contributed by atoms with E-state index in [4.69, 9.17) is 21.1 Å². The number of benzene rings is 2. The quantitative estimate of drug-likeness (QED) is 0.414. The standard InChI is InChI=1S/C24H24ClF3N4O6/c1-30-20-19(21(34)31(23(30)35)10-3-11-33)32(13-14-4-6-15(25)7-5-14)22(29-20)37-18-12-16(38-24(26,27)28)8-9-17(18)36-2/h4-9,12,22,29,33H,3,10-11,13H2,1-2H3. The topological polar surface area (TPSA) is 107 Å². The predicted molar refractivity (Wildman–Crippen MR) is 133 cm³/mol. The van der Waals surface area contributed by atoms with Crippen molar-refractivity contribution in [1.29, 1.82) is 0 Å². The van der Waals surface area contributed by atoms with E-state index in [9.17, 15) is 27.9 Å². The molecule has 3 aromatic rings. The molecule has 2 heterocycles. The Bertz CT molecular complexity index is 1420. The summed E-state index contributed by atoms with van der Waals surface area (Å²) in [6.45, 7) is -0.127. The molecule has 38 heavy (non-hydrogen) atoms. The molecule has 204 valence electrons. The van der Waals surface area contributed by atoms with Gasteiger partial charge in [-0.2, -0.15) is 0 Å². The minimum absolute atomic E-state index is 0.0136. The van der Waals surface area contributed by atoms with Crippen LogP contribution in [0.2, 0.25) is 5.02 Å². The number of aromatic nitrogens is 2. The molecule has 1 aliphatic heterocycles. The smallest absolute Gasteiger partial charge is 0.493 e. The van der Waals surface area contributed by atoms with Gasteiger partial charge in [0.25, 0.3) is 11.9 Å². The van der Waals surface area contributed by atoms with Crippen LogP contribution in [0.5, 0.6) is 17.2 Å². The van der Waals surface area contributed by atoms with E-state index >= 15 is 0 Å². The lowest BCUT2D eigenvalue weighted by molar-refractivity contribution is -0.274. The maximum Gasteiger partial charge on any atom is 0.573 e. The van der Waals surface area contributed by atoms with Gasteiger partial charge in [-0.3, -0.25) is 13.9 Å². The molecule has 1 unspecified atom stereocenters. The minimum Gasteiger partial charge on any atom is -0.493 e. The van der Waals surface area contributed by atoms with Gasteiger partial charge in [0.1, 0.15) is 17.3 Å². The van der Waals surface area contributed by atoms with Crippen LogP contribution in [0.25, 0.3) is 0 Å². The molecule has 1 aromatic heterocycles. The molecular formula is C24H24ClF3N4O6. The number of hydrogen-bond donors (Lipinski definition) is 2. The molecule has 0 saturated heterocycles. The van der Waals surface area contributed by atoms with Gasteiger partial charge in [-0.15, -0.1) is 13.2 Å². The Morgan fingerprint density at radius 2 is 1.82 bits per heavy atom. The minimum atomic E-state index is -4.92. The highest BCUT2D eigenvalue weighted by Gasteiger charge is 2.37. The van der Waals surface area contributed by atoms with Gasteiger partial charge in [-0.25, -0.2) is 4.79 Å². The number of anilines is 2. The number of methoxy groups -OCH3 is 1. The first-order valence-corrected chi connectivity index (χ1v) is 11.7. The summed E-state index contributed by atoms with van der Waals surface area (Å²) >= 11 is 6.00. The van der Waals surface area contributed by atoms with E-state index in [-0.39, 0.29) is 49.1 Å². The first-order chi connectivity index (χ1) is 18.0. The molecular weight excluding hydrogens is 533 g/mol. The number of halogens is 4. The second kappa shape index (κ2) is 10.9. The summed E-state index contributed by atoms with van der Waals surface area (Å²) in [5, 5.41) is 12.7. The summed E-state index contributed by atoms with van der Waals surface area (Å²) in [5.74, 6) is -0.378. The normalized spacial score (nSPS) is 14.7. The van der Waals surface area contributed by atoms with Crippen molar-refractivity contribution in [3.05, 3.63) is 73.9 Å². The summed E-state index contributed by atoms with van der Waals surface area (Å²) in [6, 6.07) is 10.1. The number of aliphatic hydroxyl groups is 1. The summed E-state index contributed by atoms with van der Waals surface area (Å²) in [5.41, 5.74) is -0.397. The van der Waals surface area contributed by atoms with Gasteiger partial charge in [0, 0.05) is 37.8 Å². The zero-order valence-corrected chi connectivity index (χ0v) is 21.0. The van der Waals surface area contributed by atoms with Crippen molar-refractivity contribution in [2.24, 2.45) is 7.05 Å². The van der Waals surface area contributed by atoms with Gasteiger partial charge in [0.2, 0.25) is 0 Å². The number of alkyl halides is 3. The lowest BCUT2D eigenvalue weighted by atomic mass is 10.2. The van der Waals surface area contributed by atoms with Gasteiger partial charge in [-0.1, -0.05) is 23.7 Å². The first kappa shape index (κ1) is 27.2. The molecule has 2 aromatic carbocycles. The van der Waals surface area contributed by atoms with E-state index in [1.165, 1.54) is 29.7 Å². The molecule has 0 saturated carbocycles. The van der Waals surface area contributed by atoms with Gasteiger partial charge >= 0.3 is 12.1 Å². The van der Waals surface area contributed by atoms with E-state index < -0.39 is 29.7 Å². The molecule has 2 N–H and O–H groups in total. The van der Waals surface area contributed by atoms with E-state index in [0.29, 0.717) is 5.02 Å². The molecule has 1 aliphatic rings. The number of aliphatic hydroxyl groups excluding tert-OH is 1. The Morgan fingerprint density at radius 3 is 2.45 bits per heavy atom. The maximum absolute atomic E-state index is 13.5. The molecule has 0 amide bonds. The summed E-state index contributed by atoms with van der Waals surface area (Å²) in [4.78, 5) is 27.9. The molecule has 0 spiro atoms. The number of fused-ring (bicyclic) bond motifs is 1. The molecule has 10 nitrogen and oxygen atoms in total. The van der Waals surface area contributed by atoms with E-state index in [1.807, 2.05) is 0 Å². The van der Waals surface area contributed by atoms with E-state index in [2.05, 4.69) is 10.1 Å². The van der Waals surface area contributed by atoms with E-state index in [0.717, 1.165) is 22.3 Å². The SMILES string of the molecule is COc1ccc(OC(F)(F)F)cc1OC1Nc2c(c(=O)n(CCCO)c(=O)n2C)N1Cc1ccc(Cl)cc1. The Morgan fingerprint density at radius 1 is 1.11 bits per heavy atom. The van der Waals surface area contributed by atoms with Crippen LogP contribution < -0.4 is 35.7 Å². The highest BCUT2D eigenvalue weighted by molar-refractivity contribution is 6.30. The highest BCUT2D eigenvalue weighted by Crippen LogP contribution is 2.38. The van der Waals surface area contributed by atoms with Crippen LogP contribution in [0, 0.1) is 0 Å². The van der Waals surface area contributed by atoms with Crippen LogP contribution in [-0.4, -0.2) is 40.7 Å². The zero-order chi connectivity index (χ0) is 27.6. The fourth-order valence-electron chi connectivity index (χ4n) is 4.02. The number of nitrogens with one attached hydrogen (secondary N) is 1. The fourth-order valence-corrected chi connectivity index (χ4v) is 4.15. The van der Waals surface area contributed by atoms with Gasteiger partial charge in [0.05, 0.1) is 7.11 Å². The summed E-state index contributed by atoms with van der Waals surface area (Å²) < 4.78 is 56.0. The third-order valence-electron chi connectivity index (χ3n) is 5.77. The molecule has 0 fully saturated rings. The summed E-state index contributed by atoms with van der Waals surface area (Å²) in [7, 11) is 2.78. The Balaban J connectivity index is 1.79. The predicted octanol–water partition coefficient (Wildman–Crippen LogP) is 3.28. The zero-order valence-electron chi connectivity index (χ0n) is 20.3. The highest BCUT2D eigenvalue weighted by atomic mass is 35.5. The third kappa shape index (κ3) is 5.68. The third-order valence-corrected chi connectivity index (χ3v) is 6.02. The largest absolute Gasteiger partial charge is 0.573 e. The van der Waals surface area contributed by atoms with Crippen molar-refractivity contribution in [3.63, 3.8) is 0 Å². The Kier molecular flexibility index (Phi) is 7.78. The first-order valence-electron chi connectivity index (χ1n) is 11.3. The summed E-state index contributed by atoms with van der Waals surface area (Å²) in [6.07, 6.45) is -5.88. The number of ether oxygens (including phenoxy) is 3. The van der Waals surface area contributed by atoms with Gasteiger partial charge < -0.3 is 29.5 Å². The van der Waals surface area contributed by atoms with E-state index in [1.54, 1.807) is 24.3 Å². The molecule has 14 heteroatoms. The maximum atomic E-state index is 13.5. The second-order valence-corrected chi connectivity index (χ2v) is 8.74. The van der Waals surface area contributed by atoms with Crippen molar-refractivity contribution in [1.82, 2.24) is 9.13 Å². The van der Waals surface area contributed by atoms with Crippen molar-refractivity contribution >= 4 is 23.1 Å². The average Bonchev–Trinajstić information content (AvgIpc) is 3.21. The van der Waals surface area contributed by atoms with Crippen molar-refractivity contribution in [2.45, 2.75) is 32.2 Å². The molecule has 0 aliphatic carbocycles. The van der Waals surface area contributed by atoms with Crippen LogP contribution in [0.3, 0.4) is 0 Å². The van der Waals surface area contributed by atoms with Crippen LogP contribution in [0.4, 0.5) is 24.7 Å². The molecule has 4 rings (SSSR count). The molecule has 0 radical (unpaired) electrons. The second-order valence-electron chi connectivity index (χ2n) is 8.30. The Labute approximate surface area is 219 Å².